The molecular weight excluding hydrogens is 174 g/mol. The highest BCUT2D eigenvalue weighted by Gasteiger charge is 1.99. The first kappa shape index (κ1) is 8.50. The lowest BCUT2D eigenvalue weighted by molar-refractivity contribution is -0.297. The molecule has 0 aliphatic heterocycles. The molecule has 0 unspecified atom stereocenters. The Balaban J connectivity index is 3.01. The molecule has 0 bridgehead atoms. The molecular formula is C8H4NO2S-. The third-order valence-electron chi connectivity index (χ3n) is 1.17. The average Bonchev–Trinajstić information content (AvgIpc) is 2.51. The Bertz CT molecular complexity index is 346. The summed E-state index contributed by atoms with van der Waals surface area (Å²) >= 11 is 1.32. The van der Waals surface area contributed by atoms with Crippen molar-refractivity contribution in [1.29, 1.82) is 5.26 Å². The van der Waals surface area contributed by atoms with Gasteiger partial charge in [0.05, 0.1) is 11.5 Å². The van der Waals surface area contributed by atoms with Crippen LogP contribution in [0.1, 0.15) is 4.88 Å². The van der Waals surface area contributed by atoms with Gasteiger partial charge in [0.15, 0.2) is 0 Å². The molecule has 0 aromatic carbocycles. The summed E-state index contributed by atoms with van der Waals surface area (Å²) in [6.07, 6.45) is 0.797. The van der Waals surface area contributed by atoms with Crippen molar-refractivity contribution in [3.05, 3.63) is 28.5 Å². The highest BCUT2D eigenvalue weighted by atomic mass is 32.1. The van der Waals surface area contributed by atoms with Crippen molar-refractivity contribution in [2.75, 3.05) is 0 Å². The zero-order chi connectivity index (χ0) is 8.97. The first-order valence-electron chi connectivity index (χ1n) is 3.10. The summed E-state index contributed by atoms with van der Waals surface area (Å²) in [5.74, 6) is -1.35. The number of carbonyl (C=O) groups excluding carboxylic acids is 1. The second-order valence-electron chi connectivity index (χ2n) is 1.97. The minimum atomic E-state index is -1.35. The maximum Gasteiger partial charge on any atom is 0.101 e. The number of carbonyl (C=O) groups is 1. The van der Waals surface area contributed by atoms with E-state index < -0.39 is 5.97 Å². The minimum absolute atomic E-state index is 0.130. The first-order chi connectivity index (χ1) is 5.74. The third-order valence-corrected chi connectivity index (χ3v) is 2.07. The average molecular weight is 178 g/mol. The van der Waals surface area contributed by atoms with Gasteiger partial charge in [-0.15, -0.1) is 11.3 Å². The van der Waals surface area contributed by atoms with E-state index in [0.29, 0.717) is 4.88 Å². The van der Waals surface area contributed by atoms with Crippen molar-refractivity contribution in [2.24, 2.45) is 0 Å². The molecule has 4 heteroatoms. The number of nitrogens with zero attached hydrogens (tertiary/aromatic N) is 1. The molecule has 0 saturated heterocycles. The summed E-state index contributed by atoms with van der Waals surface area (Å²) in [5.41, 5.74) is 0.130. The van der Waals surface area contributed by atoms with E-state index in [0.717, 1.165) is 6.08 Å². The van der Waals surface area contributed by atoms with E-state index in [2.05, 4.69) is 0 Å². The Morgan fingerprint density at radius 2 is 2.50 bits per heavy atom. The van der Waals surface area contributed by atoms with Gasteiger partial charge >= 0.3 is 0 Å². The number of carboxylic acid groups (broad SMARTS) is 1. The number of rotatable bonds is 2. The summed E-state index contributed by atoms with van der Waals surface area (Å²) in [5, 5.41) is 20.4. The second kappa shape index (κ2) is 3.69. The van der Waals surface area contributed by atoms with Crippen LogP contribution in [0, 0.1) is 11.3 Å². The molecule has 1 aromatic rings. The van der Waals surface area contributed by atoms with Crippen LogP contribution in [0.5, 0.6) is 0 Å². The quantitative estimate of drug-likeness (QED) is 0.486. The molecule has 0 fully saturated rings. The van der Waals surface area contributed by atoms with Crippen molar-refractivity contribution >= 4 is 22.9 Å². The van der Waals surface area contributed by atoms with Crippen LogP contribution < -0.4 is 5.11 Å². The molecule has 0 radical (unpaired) electrons. The lowest BCUT2D eigenvalue weighted by atomic mass is 10.2. The highest BCUT2D eigenvalue weighted by molar-refractivity contribution is 7.11. The van der Waals surface area contributed by atoms with Crippen molar-refractivity contribution in [3.8, 4) is 6.07 Å². The van der Waals surface area contributed by atoms with E-state index in [1.165, 1.54) is 11.3 Å². The lowest BCUT2D eigenvalue weighted by Gasteiger charge is -1.94. The van der Waals surface area contributed by atoms with Crippen molar-refractivity contribution in [3.63, 3.8) is 0 Å². The van der Waals surface area contributed by atoms with Gasteiger partial charge in [-0.05, 0) is 17.5 Å². The third kappa shape index (κ3) is 1.94. The van der Waals surface area contributed by atoms with E-state index in [1.54, 1.807) is 23.6 Å². The van der Waals surface area contributed by atoms with Crippen LogP contribution in [0.4, 0.5) is 0 Å². The summed E-state index contributed by atoms with van der Waals surface area (Å²) in [7, 11) is 0. The number of nitriles is 1. The number of hydrogen-bond acceptors (Lipinski definition) is 4. The monoisotopic (exact) mass is 178 g/mol. The fourth-order valence-electron chi connectivity index (χ4n) is 0.708. The maximum absolute atomic E-state index is 10.1. The Morgan fingerprint density at radius 3 is 2.92 bits per heavy atom. The van der Waals surface area contributed by atoms with E-state index in [9.17, 15) is 9.90 Å². The van der Waals surface area contributed by atoms with Crippen LogP contribution in [-0.2, 0) is 4.79 Å². The van der Waals surface area contributed by atoms with Crippen LogP contribution >= 0.6 is 11.3 Å². The number of thiophene rings is 1. The fraction of sp³-hybridized carbons (Fsp3) is 0. The predicted octanol–water partition coefficient (Wildman–Crippen LogP) is 0.405. The SMILES string of the molecule is N#CC(=CC(=O)[O-])c1cccs1. The Kier molecular flexibility index (Phi) is 2.62. The number of hydrogen-bond donors (Lipinski definition) is 0. The molecule has 0 atom stereocenters. The normalized spacial score (nSPS) is 10.8. The molecule has 0 amide bonds. The molecule has 0 aliphatic carbocycles. The van der Waals surface area contributed by atoms with Gasteiger partial charge in [0, 0.05) is 4.88 Å². The number of allylic oxidation sites excluding steroid dienone is 1. The van der Waals surface area contributed by atoms with Crippen LogP contribution in [0.25, 0.3) is 5.57 Å². The molecule has 1 aromatic heterocycles. The Hall–Kier alpha value is -1.60. The Labute approximate surface area is 73.2 Å². The molecule has 1 heterocycles. The fourth-order valence-corrected chi connectivity index (χ4v) is 1.40. The minimum Gasteiger partial charge on any atom is -0.545 e. The maximum atomic E-state index is 10.1. The summed E-state index contributed by atoms with van der Waals surface area (Å²) in [4.78, 5) is 10.8. The molecule has 1 rings (SSSR count). The second-order valence-corrected chi connectivity index (χ2v) is 2.91. The van der Waals surface area contributed by atoms with Gasteiger partial charge in [-0.1, -0.05) is 6.07 Å². The van der Waals surface area contributed by atoms with Gasteiger partial charge in [-0.2, -0.15) is 5.26 Å². The highest BCUT2D eigenvalue weighted by Crippen LogP contribution is 2.18. The summed E-state index contributed by atoms with van der Waals surface area (Å²) < 4.78 is 0. The zero-order valence-electron chi connectivity index (χ0n) is 5.98. The van der Waals surface area contributed by atoms with Gasteiger partial charge in [0.1, 0.15) is 6.07 Å². The van der Waals surface area contributed by atoms with E-state index in [-0.39, 0.29) is 5.57 Å². The van der Waals surface area contributed by atoms with E-state index >= 15 is 0 Å². The first-order valence-corrected chi connectivity index (χ1v) is 3.98. The lowest BCUT2D eigenvalue weighted by Crippen LogP contribution is -2.19. The van der Waals surface area contributed by atoms with Gasteiger partial charge in [-0.3, -0.25) is 0 Å². The molecule has 0 spiro atoms. The van der Waals surface area contributed by atoms with Gasteiger partial charge < -0.3 is 9.90 Å². The van der Waals surface area contributed by atoms with E-state index in [4.69, 9.17) is 5.26 Å². The standard InChI is InChI=1S/C8H5NO2S/c9-5-6(4-8(10)11)7-2-1-3-12-7/h1-4H,(H,10,11)/p-1. The van der Waals surface area contributed by atoms with Crippen molar-refractivity contribution in [2.45, 2.75) is 0 Å². The van der Waals surface area contributed by atoms with Gasteiger partial charge in [0.25, 0.3) is 0 Å². The Morgan fingerprint density at radius 1 is 1.75 bits per heavy atom. The molecule has 0 aliphatic rings. The zero-order valence-corrected chi connectivity index (χ0v) is 6.80. The predicted molar refractivity (Wildman–Crippen MR) is 42.9 cm³/mol. The topological polar surface area (TPSA) is 63.9 Å². The largest absolute Gasteiger partial charge is 0.545 e. The van der Waals surface area contributed by atoms with Crippen molar-refractivity contribution < 1.29 is 9.90 Å². The smallest absolute Gasteiger partial charge is 0.101 e. The summed E-state index contributed by atoms with van der Waals surface area (Å²) in [6, 6.07) is 5.22. The molecule has 3 nitrogen and oxygen atoms in total. The number of aliphatic carboxylic acids is 1. The van der Waals surface area contributed by atoms with Crippen LogP contribution in [0.15, 0.2) is 23.6 Å². The van der Waals surface area contributed by atoms with Crippen LogP contribution in [0.2, 0.25) is 0 Å². The van der Waals surface area contributed by atoms with Gasteiger partial charge in [0.2, 0.25) is 0 Å². The van der Waals surface area contributed by atoms with Gasteiger partial charge in [-0.25, -0.2) is 0 Å². The van der Waals surface area contributed by atoms with Crippen LogP contribution in [0.3, 0.4) is 0 Å². The molecule has 0 N–H and O–H groups in total. The molecule has 60 valence electrons. The number of carboxylic acids is 1. The van der Waals surface area contributed by atoms with Crippen LogP contribution in [-0.4, -0.2) is 5.97 Å². The molecule has 0 saturated carbocycles. The molecule has 12 heavy (non-hydrogen) atoms. The van der Waals surface area contributed by atoms with Crippen molar-refractivity contribution in [1.82, 2.24) is 0 Å². The summed E-state index contributed by atoms with van der Waals surface area (Å²) in [6.45, 7) is 0. The van der Waals surface area contributed by atoms with E-state index in [1.807, 2.05) is 0 Å².